The molecule has 1 spiro atoms. The summed E-state index contributed by atoms with van der Waals surface area (Å²) in [6.07, 6.45) is 1.37. The van der Waals surface area contributed by atoms with Gasteiger partial charge >= 0.3 is 6.03 Å². The molecular weight excluding hydrogens is 380 g/mol. The van der Waals surface area contributed by atoms with Crippen LogP contribution in [0.5, 0.6) is 0 Å². The van der Waals surface area contributed by atoms with E-state index in [1.165, 1.54) is 9.78 Å². The summed E-state index contributed by atoms with van der Waals surface area (Å²) in [5, 5.41) is 2.94. The maximum absolute atomic E-state index is 12.8. The Morgan fingerprint density at radius 1 is 1.35 bits per heavy atom. The number of thiophene rings is 1. The van der Waals surface area contributed by atoms with Crippen molar-refractivity contribution in [3.63, 3.8) is 0 Å². The molecule has 0 unspecified atom stereocenters. The second kappa shape index (κ2) is 6.51. The third-order valence-electron chi connectivity index (χ3n) is 4.52. The summed E-state index contributed by atoms with van der Waals surface area (Å²) in [6.45, 7) is 2.69. The Labute approximate surface area is 148 Å². The van der Waals surface area contributed by atoms with Crippen LogP contribution in [0, 0.1) is 0 Å². The highest BCUT2D eigenvalue weighted by atomic mass is 79.9. The number of nitrogens with zero attached hydrogens (tertiary/aromatic N) is 3. The molecule has 0 radical (unpaired) electrons. The average Bonchev–Trinajstić information content (AvgIpc) is 3.00. The van der Waals surface area contributed by atoms with Gasteiger partial charge in [0, 0.05) is 24.5 Å². The lowest BCUT2D eigenvalue weighted by Crippen LogP contribution is -2.54. The predicted molar refractivity (Wildman–Crippen MR) is 93.2 cm³/mol. The van der Waals surface area contributed by atoms with E-state index in [4.69, 9.17) is 0 Å². The molecule has 0 atom stereocenters. The fourth-order valence-corrected chi connectivity index (χ4v) is 4.70. The second-order valence-electron chi connectivity index (χ2n) is 6.41. The zero-order valence-electron chi connectivity index (χ0n) is 13.3. The van der Waals surface area contributed by atoms with Gasteiger partial charge in [-0.05, 0) is 55.0 Å². The minimum Gasteiger partial charge on any atom is -0.323 e. The molecule has 0 saturated carbocycles. The van der Waals surface area contributed by atoms with Gasteiger partial charge in [-0.25, -0.2) is 9.69 Å². The topological polar surface area (TPSA) is 55.9 Å². The molecular formula is C15H21BrN4O2S. The number of hydrogen-bond donors (Lipinski definition) is 1. The summed E-state index contributed by atoms with van der Waals surface area (Å²) < 4.78 is 1.08. The molecule has 23 heavy (non-hydrogen) atoms. The highest BCUT2D eigenvalue weighted by Crippen LogP contribution is 2.29. The van der Waals surface area contributed by atoms with Crippen molar-refractivity contribution in [3.05, 3.63) is 20.8 Å². The van der Waals surface area contributed by atoms with Gasteiger partial charge in [0.15, 0.2) is 0 Å². The lowest BCUT2D eigenvalue weighted by Gasteiger charge is -2.35. The van der Waals surface area contributed by atoms with Gasteiger partial charge < -0.3 is 10.2 Å². The van der Waals surface area contributed by atoms with Crippen molar-refractivity contribution in [2.45, 2.75) is 24.9 Å². The molecule has 2 saturated heterocycles. The quantitative estimate of drug-likeness (QED) is 0.784. The van der Waals surface area contributed by atoms with Crippen LogP contribution in [0.25, 0.3) is 0 Å². The van der Waals surface area contributed by atoms with Crippen LogP contribution in [0.4, 0.5) is 4.79 Å². The number of rotatable bonds is 4. The fraction of sp³-hybridized carbons (Fsp3) is 0.600. The SMILES string of the molecule is CN1CCC2(CC1)NC(=O)N(CN(C)Cc1ccc(Br)s1)C2=O. The largest absolute Gasteiger partial charge is 0.326 e. The van der Waals surface area contributed by atoms with Gasteiger partial charge in [-0.2, -0.15) is 0 Å². The lowest BCUT2D eigenvalue weighted by atomic mass is 9.88. The Bertz CT molecular complexity index is 612. The van der Waals surface area contributed by atoms with Crippen molar-refractivity contribution in [1.29, 1.82) is 0 Å². The van der Waals surface area contributed by atoms with Gasteiger partial charge in [-0.15, -0.1) is 11.3 Å². The normalized spacial score (nSPS) is 21.5. The van der Waals surface area contributed by atoms with Crippen molar-refractivity contribution in [2.24, 2.45) is 0 Å². The van der Waals surface area contributed by atoms with E-state index in [9.17, 15) is 9.59 Å². The molecule has 1 aromatic rings. The third kappa shape index (κ3) is 3.45. The number of urea groups is 1. The molecule has 8 heteroatoms. The number of hydrogen-bond acceptors (Lipinski definition) is 5. The minimum absolute atomic E-state index is 0.0742. The first-order valence-electron chi connectivity index (χ1n) is 7.65. The van der Waals surface area contributed by atoms with Crippen molar-refractivity contribution in [2.75, 3.05) is 33.9 Å². The van der Waals surface area contributed by atoms with Crippen LogP contribution < -0.4 is 5.32 Å². The van der Waals surface area contributed by atoms with E-state index >= 15 is 0 Å². The zero-order valence-corrected chi connectivity index (χ0v) is 15.7. The molecule has 3 amide bonds. The Morgan fingerprint density at radius 3 is 2.65 bits per heavy atom. The van der Waals surface area contributed by atoms with Crippen LogP contribution in [-0.2, 0) is 11.3 Å². The first-order chi connectivity index (χ1) is 10.9. The van der Waals surface area contributed by atoms with Crippen molar-refractivity contribution in [1.82, 2.24) is 20.0 Å². The summed E-state index contributed by atoms with van der Waals surface area (Å²) in [5.41, 5.74) is -0.684. The second-order valence-corrected chi connectivity index (χ2v) is 8.96. The highest BCUT2D eigenvalue weighted by molar-refractivity contribution is 9.11. The van der Waals surface area contributed by atoms with E-state index in [0.29, 0.717) is 26.1 Å². The summed E-state index contributed by atoms with van der Waals surface area (Å²) in [7, 11) is 3.96. The molecule has 2 fully saturated rings. The van der Waals surface area contributed by atoms with E-state index in [0.717, 1.165) is 16.9 Å². The molecule has 0 bridgehead atoms. The molecule has 2 aliphatic rings. The van der Waals surface area contributed by atoms with E-state index in [1.807, 2.05) is 25.1 Å². The molecule has 0 aliphatic carbocycles. The number of piperidine rings is 1. The number of nitrogens with one attached hydrogen (secondary N) is 1. The fourth-order valence-electron chi connectivity index (χ4n) is 3.14. The van der Waals surface area contributed by atoms with Crippen LogP contribution in [0.3, 0.4) is 0 Å². The van der Waals surface area contributed by atoms with Gasteiger partial charge in [0.05, 0.1) is 10.5 Å². The van der Waals surface area contributed by atoms with Gasteiger partial charge in [-0.1, -0.05) is 0 Å². The van der Waals surface area contributed by atoms with Gasteiger partial charge in [0.25, 0.3) is 5.91 Å². The van der Waals surface area contributed by atoms with Gasteiger partial charge in [0.2, 0.25) is 0 Å². The van der Waals surface area contributed by atoms with E-state index in [2.05, 4.69) is 32.2 Å². The lowest BCUT2D eigenvalue weighted by molar-refractivity contribution is -0.134. The van der Waals surface area contributed by atoms with Crippen molar-refractivity contribution in [3.8, 4) is 0 Å². The number of imide groups is 1. The monoisotopic (exact) mass is 400 g/mol. The molecule has 1 aromatic heterocycles. The smallest absolute Gasteiger partial charge is 0.323 e. The summed E-state index contributed by atoms with van der Waals surface area (Å²) in [6, 6.07) is 3.80. The molecule has 3 rings (SSSR count). The molecule has 3 heterocycles. The van der Waals surface area contributed by atoms with Gasteiger partial charge in [-0.3, -0.25) is 9.69 Å². The molecule has 0 aromatic carbocycles. The van der Waals surface area contributed by atoms with E-state index in [1.54, 1.807) is 11.3 Å². The number of amides is 3. The first-order valence-corrected chi connectivity index (χ1v) is 9.26. The summed E-state index contributed by atoms with van der Waals surface area (Å²) in [5.74, 6) is -0.0742. The number of carbonyl (C=O) groups excluding carboxylic acids is 2. The molecule has 6 nitrogen and oxygen atoms in total. The third-order valence-corrected chi connectivity index (χ3v) is 6.13. The first kappa shape index (κ1) is 16.9. The maximum atomic E-state index is 12.8. The highest BCUT2D eigenvalue weighted by Gasteiger charge is 2.52. The Morgan fingerprint density at radius 2 is 2.04 bits per heavy atom. The summed E-state index contributed by atoms with van der Waals surface area (Å²) >= 11 is 5.11. The van der Waals surface area contributed by atoms with Crippen LogP contribution in [0.1, 0.15) is 17.7 Å². The maximum Gasteiger partial charge on any atom is 0.326 e. The van der Waals surface area contributed by atoms with Crippen molar-refractivity contribution < 1.29 is 9.59 Å². The number of halogens is 1. The average molecular weight is 401 g/mol. The molecule has 126 valence electrons. The van der Waals surface area contributed by atoms with Crippen molar-refractivity contribution >= 4 is 39.2 Å². The number of likely N-dealkylation sites (tertiary alicyclic amines) is 1. The Hall–Kier alpha value is -0.960. The molecule has 2 aliphatic heterocycles. The molecule has 1 N–H and O–H groups in total. The van der Waals surface area contributed by atoms with Crippen LogP contribution >= 0.6 is 27.3 Å². The number of carbonyl (C=O) groups is 2. The van der Waals surface area contributed by atoms with E-state index in [-0.39, 0.29) is 11.9 Å². The van der Waals surface area contributed by atoms with Crippen LogP contribution in [-0.4, -0.2) is 66.0 Å². The Kier molecular flexibility index (Phi) is 4.78. The van der Waals surface area contributed by atoms with Gasteiger partial charge in [0.1, 0.15) is 5.54 Å². The predicted octanol–water partition coefficient (Wildman–Crippen LogP) is 1.92. The summed E-state index contributed by atoms with van der Waals surface area (Å²) in [4.78, 5) is 31.8. The van der Waals surface area contributed by atoms with E-state index < -0.39 is 5.54 Å². The minimum atomic E-state index is -0.684. The van der Waals surface area contributed by atoms with Crippen LogP contribution in [0.2, 0.25) is 0 Å². The Balaban J connectivity index is 1.63. The zero-order chi connectivity index (χ0) is 16.6. The standard InChI is InChI=1S/C15H21BrN4O2S/c1-18-7-5-15(6-8-18)13(21)20(14(22)17-15)10-19(2)9-11-3-4-12(16)23-11/h3-4H,5-10H2,1-2H3,(H,17,22). The van der Waals surface area contributed by atoms with Crippen LogP contribution in [0.15, 0.2) is 15.9 Å².